The van der Waals surface area contributed by atoms with E-state index in [9.17, 15) is 4.79 Å². The first-order chi connectivity index (χ1) is 13.2. The van der Waals surface area contributed by atoms with Crippen molar-refractivity contribution >= 4 is 39.4 Å². The van der Waals surface area contributed by atoms with Gasteiger partial charge in [-0.1, -0.05) is 24.3 Å². The average molecular weight is 352 g/mol. The summed E-state index contributed by atoms with van der Waals surface area (Å²) in [4.78, 5) is 12.7. The average Bonchev–Trinajstić information content (AvgIpc) is 3.16. The van der Waals surface area contributed by atoms with Crippen molar-refractivity contribution in [1.82, 2.24) is 4.57 Å². The van der Waals surface area contributed by atoms with Crippen LogP contribution in [0.2, 0.25) is 0 Å². The van der Waals surface area contributed by atoms with Crippen molar-refractivity contribution in [3.63, 3.8) is 0 Å². The maximum absolute atomic E-state index is 12.7. The van der Waals surface area contributed by atoms with Gasteiger partial charge in [0.05, 0.1) is 0 Å². The van der Waals surface area contributed by atoms with Crippen LogP contribution in [-0.2, 0) is 13.0 Å². The summed E-state index contributed by atoms with van der Waals surface area (Å²) in [5.74, 6) is 0.112. The Balaban J connectivity index is 1.64. The fourth-order valence-corrected chi connectivity index (χ4v) is 4.26. The minimum Gasteiger partial charge on any atom is -0.399 e. The van der Waals surface area contributed by atoms with E-state index in [-0.39, 0.29) is 5.78 Å². The molecule has 1 aliphatic rings. The minimum atomic E-state index is 0.112. The Morgan fingerprint density at radius 2 is 1.81 bits per heavy atom. The van der Waals surface area contributed by atoms with E-state index in [0.29, 0.717) is 12.1 Å². The SMILES string of the molecule is CCn1c2ccccc2c2cc(C=C3Cc4cc(N)ccc4C3=O)ccc21. The van der Waals surface area contributed by atoms with Gasteiger partial charge in [0.25, 0.3) is 0 Å². The van der Waals surface area contributed by atoms with Crippen molar-refractivity contribution in [3.8, 4) is 0 Å². The van der Waals surface area contributed by atoms with E-state index in [1.165, 1.54) is 21.8 Å². The van der Waals surface area contributed by atoms with Crippen molar-refractivity contribution in [2.45, 2.75) is 19.9 Å². The van der Waals surface area contributed by atoms with Crippen LogP contribution in [0, 0.1) is 0 Å². The third-order valence-electron chi connectivity index (χ3n) is 5.50. The van der Waals surface area contributed by atoms with Crippen molar-refractivity contribution < 1.29 is 4.79 Å². The Kier molecular flexibility index (Phi) is 3.44. The molecule has 1 aromatic heterocycles. The minimum absolute atomic E-state index is 0.112. The van der Waals surface area contributed by atoms with Crippen LogP contribution in [0.5, 0.6) is 0 Å². The lowest BCUT2D eigenvalue weighted by molar-refractivity contribution is 0.104. The number of carbonyl (C=O) groups is 1. The number of anilines is 1. The van der Waals surface area contributed by atoms with E-state index in [1.807, 2.05) is 18.2 Å². The van der Waals surface area contributed by atoms with E-state index >= 15 is 0 Å². The molecular weight excluding hydrogens is 332 g/mol. The van der Waals surface area contributed by atoms with Crippen molar-refractivity contribution in [3.05, 3.63) is 82.9 Å². The fraction of sp³-hybridized carbons (Fsp3) is 0.125. The number of hydrogen-bond donors (Lipinski definition) is 1. The Morgan fingerprint density at radius 1 is 1.00 bits per heavy atom. The number of benzene rings is 3. The van der Waals surface area contributed by atoms with E-state index in [4.69, 9.17) is 5.73 Å². The molecule has 3 heteroatoms. The molecule has 0 unspecified atom stereocenters. The summed E-state index contributed by atoms with van der Waals surface area (Å²) >= 11 is 0. The highest BCUT2D eigenvalue weighted by Gasteiger charge is 2.24. The Labute approximate surface area is 157 Å². The lowest BCUT2D eigenvalue weighted by atomic mass is 10.0. The molecule has 132 valence electrons. The number of aromatic nitrogens is 1. The van der Waals surface area contributed by atoms with Gasteiger partial charge in [-0.25, -0.2) is 0 Å². The van der Waals surface area contributed by atoms with Gasteiger partial charge in [0.2, 0.25) is 0 Å². The number of fused-ring (bicyclic) bond motifs is 4. The maximum atomic E-state index is 12.7. The monoisotopic (exact) mass is 352 g/mol. The predicted octanol–water partition coefficient (Wildman–Crippen LogP) is 5.22. The van der Waals surface area contributed by atoms with E-state index in [2.05, 4.69) is 54.0 Å². The van der Waals surface area contributed by atoms with Gasteiger partial charge in [0, 0.05) is 51.6 Å². The van der Waals surface area contributed by atoms with Crippen LogP contribution in [0.1, 0.15) is 28.4 Å². The molecule has 0 atom stereocenters. The van der Waals surface area contributed by atoms with Crippen LogP contribution in [0.3, 0.4) is 0 Å². The maximum Gasteiger partial charge on any atom is 0.189 e. The first kappa shape index (κ1) is 15.9. The summed E-state index contributed by atoms with van der Waals surface area (Å²) in [5.41, 5.74) is 12.7. The van der Waals surface area contributed by atoms with Crippen LogP contribution in [0.25, 0.3) is 27.9 Å². The van der Waals surface area contributed by atoms with Crippen LogP contribution >= 0.6 is 0 Å². The second-order valence-electron chi connectivity index (χ2n) is 7.13. The van der Waals surface area contributed by atoms with Gasteiger partial charge < -0.3 is 10.3 Å². The number of Topliss-reactive ketones (excluding diaryl/α,β-unsaturated/α-hetero) is 1. The van der Waals surface area contributed by atoms with Crippen LogP contribution in [-0.4, -0.2) is 10.4 Å². The molecule has 1 heterocycles. The number of rotatable bonds is 2. The number of nitrogen functional groups attached to an aromatic ring is 1. The number of nitrogens with two attached hydrogens (primary N) is 1. The first-order valence-corrected chi connectivity index (χ1v) is 9.30. The van der Waals surface area contributed by atoms with Gasteiger partial charge in [-0.15, -0.1) is 0 Å². The normalized spacial score (nSPS) is 15.1. The third-order valence-corrected chi connectivity index (χ3v) is 5.50. The van der Waals surface area contributed by atoms with Crippen LogP contribution < -0.4 is 5.73 Å². The molecule has 0 spiro atoms. The number of allylic oxidation sites excluding steroid dienone is 1. The highest BCUT2D eigenvalue weighted by molar-refractivity contribution is 6.16. The molecule has 0 amide bonds. The molecule has 0 bridgehead atoms. The summed E-state index contributed by atoms with van der Waals surface area (Å²) < 4.78 is 2.33. The topological polar surface area (TPSA) is 48.0 Å². The summed E-state index contributed by atoms with van der Waals surface area (Å²) in [5, 5.41) is 2.48. The van der Waals surface area contributed by atoms with Crippen molar-refractivity contribution in [2.75, 3.05) is 5.73 Å². The second-order valence-corrected chi connectivity index (χ2v) is 7.13. The summed E-state index contributed by atoms with van der Waals surface area (Å²) in [6.07, 6.45) is 2.67. The molecule has 0 aliphatic heterocycles. The number of para-hydroxylation sites is 1. The number of ketones is 1. The van der Waals surface area contributed by atoms with E-state index < -0.39 is 0 Å². The molecule has 2 N–H and O–H groups in total. The number of aryl methyl sites for hydroxylation is 1. The molecule has 3 nitrogen and oxygen atoms in total. The molecule has 0 fully saturated rings. The first-order valence-electron chi connectivity index (χ1n) is 9.30. The van der Waals surface area contributed by atoms with Gasteiger partial charge >= 0.3 is 0 Å². The molecule has 3 aromatic carbocycles. The molecule has 0 saturated carbocycles. The van der Waals surface area contributed by atoms with Crippen LogP contribution in [0.4, 0.5) is 5.69 Å². The second kappa shape index (κ2) is 5.85. The highest BCUT2D eigenvalue weighted by Crippen LogP contribution is 2.32. The van der Waals surface area contributed by atoms with Crippen molar-refractivity contribution in [1.29, 1.82) is 0 Å². The number of hydrogen-bond acceptors (Lipinski definition) is 2. The lowest BCUT2D eigenvalue weighted by Crippen LogP contribution is -1.95. The summed E-state index contributed by atoms with van der Waals surface area (Å²) in [6.45, 7) is 3.10. The van der Waals surface area contributed by atoms with Gasteiger partial charge in [-0.05, 0) is 60.5 Å². The molecule has 5 rings (SSSR count). The van der Waals surface area contributed by atoms with E-state index in [0.717, 1.165) is 28.8 Å². The zero-order chi connectivity index (χ0) is 18.5. The Bertz CT molecular complexity index is 1260. The van der Waals surface area contributed by atoms with Gasteiger partial charge in [-0.2, -0.15) is 0 Å². The Morgan fingerprint density at radius 3 is 2.67 bits per heavy atom. The van der Waals surface area contributed by atoms with Gasteiger partial charge in [-0.3, -0.25) is 4.79 Å². The lowest BCUT2D eigenvalue weighted by Gasteiger charge is -2.03. The fourth-order valence-electron chi connectivity index (χ4n) is 4.26. The van der Waals surface area contributed by atoms with E-state index in [1.54, 1.807) is 6.07 Å². The molecule has 1 aliphatic carbocycles. The molecule has 4 aromatic rings. The molecule has 27 heavy (non-hydrogen) atoms. The third kappa shape index (κ3) is 2.39. The molecule has 0 radical (unpaired) electrons. The number of nitrogens with zero attached hydrogens (tertiary/aromatic N) is 1. The van der Waals surface area contributed by atoms with Gasteiger partial charge in [0.15, 0.2) is 5.78 Å². The van der Waals surface area contributed by atoms with Crippen LogP contribution in [0.15, 0.2) is 66.2 Å². The number of carbonyl (C=O) groups excluding carboxylic acids is 1. The predicted molar refractivity (Wildman–Crippen MR) is 112 cm³/mol. The zero-order valence-electron chi connectivity index (χ0n) is 15.2. The summed E-state index contributed by atoms with van der Waals surface area (Å²) in [7, 11) is 0. The Hall–Kier alpha value is -3.33. The smallest absolute Gasteiger partial charge is 0.189 e. The van der Waals surface area contributed by atoms with Gasteiger partial charge in [0.1, 0.15) is 0 Å². The quantitative estimate of drug-likeness (QED) is 0.397. The highest BCUT2D eigenvalue weighted by atomic mass is 16.1. The standard InChI is InChI=1S/C24H20N2O/c1-2-26-22-6-4-3-5-20(22)21-12-15(7-10-23(21)26)11-17-13-16-14-18(25)8-9-19(16)24(17)27/h3-12,14H,2,13,25H2,1H3. The largest absolute Gasteiger partial charge is 0.399 e. The van der Waals surface area contributed by atoms with Crippen molar-refractivity contribution in [2.24, 2.45) is 0 Å². The molecule has 0 saturated heterocycles. The summed E-state index contributed by atoms with van der Waals surface area (Å²) in [6, 6.07) is 20.5. The zero-order valence-corrected chi connectivity index (χ0v) is 15.2. The molecular formula is C24H20N2O.